The largest absolute Gasteiger partial charge is 0.492 e. The van der Waals surface area contributed by atoms with Crippen LogP contribution in [-0.2, 0) is 0 Å². The van der Waals surface area contributed by atoms with Crippen LogP contribution in [0.2, 0.25) is 0 Å². The van der Waals surface area contributed by atoms with Crippen molar-refractivity contribution in [2.45, 2.75) is 0 Å². The summed E-state index contributed by atoms with van der Waals surface area (Å²) in [4.78, 5) is 21.6. The molecule has 0 unspecified atom stereocenters. The Hall–Kier alpha value is -2.39. The summed E-state index contributed by atoms with van der Waals surface area (Å²) in [5, 5.41) is 20.4. The number of nitro groups is 2. The lowest BCUT2D eigenvalue weighted by molar-refractivity contribution is -0.405. The Morgan fingerprint density at radius 3 is 2.08 bits per heavy atom. The highest BCUT2D eigenvalue weighted by atomic mass is 16.6. The van der Waals surface area contributed by atoms with E-state index in [1.165, 1.54) is 0 Å². The zero-order valence-corrected chi connectivity index (χ0v) is 6.08. The number of hydrogen-bond donors (Lipinski definition) is 2. The van der Waals surface area contributed by atoms with Gasteiger partial charge in [-0.25, -0.2) is 0 Å². The summed E-state index contributed by atoms with van der Waals surface area (Å²) in [5.41, 5.74) is 5.02. The summed E-state index contributed by atoms with van der Waals surface area (Å²) in [6, 6.07) is 0. The van der Waals surface area contributed by atoms with Gasteiger partial charge in [-0.15, -0.1) is 0 Å². The normalized spacial score (nSPS) is 9.85. The summed E-state index contributed by atoms with van der Waals surface area (Å²) in [5.74, 6) is 2.74. The van der Waals surface area contributed by atoms with Gasteiger partial charge >= 0.3 is 17.6 Å². The molecule has 0 saturated carbocycles. The molecule has 1 rings (SSSR count). The van der Waals surface area contributed by atoms with Crippen molar-refractivity contribution in [2.24, 2.45) is 0 Å². The third-order valence-electron chi connectivity index (χ3n) is 1.23. The van der Waals surface area contributed by atoms with E-state index in [9.17, 15) is 20.2 Å². The van der Waals surface area contributed by atoms with Crippen LogP contribution in [0.4, 0.5) is 17.6 Å². The van der Waals surface area contributed by atoms with Crippen LogP contribution in [-0.4, -0.2) is 19.5 Å². The molecule has 0 fully saturated rings. The van der Waals surface area contributed by atoms with Gasteiger partial charge in [0.25, 0.3) is 0 Å². The molecular weight excluding hydrogens is 184 g/mol. The second-order valence-electron chi connectivity index (χ2n) is 2.00. The van der Waals surface area contributed by atoms with Crippen molar-refractivity contribution in [1.82, 2.24) is 9.66 Å². The number of imidazole rings is 1. The van der Waals surface area contributed by atoms with Crippen LogP contribution in [0.5, 0.6) is 0 Å². The van der Waals surface area contributed by atoms with E-state index in [0.29, 0.717) is 0 Å². The van der Waals surface area contributed by atoms with Gasteiger partial charge in [0.15, 0.2) is 0 Å². The molecule has 0 aliphatic carbocycles. The highest BCUT2D eigenvalue weighted by molar-refractivity contribution is 5.51. The van der Waals surface area contributed by atoms with Gasteiger partial charge in [-0.1, -0.05) is 4.68 Å². The molecule has 4 N–H and O–H groups in total. The second kappa shape index (κ2) is 2.58. The summed E-state index contributed by atoms with van der Waals surface area (Å²) < 4.78 is 0.218. The van der Waals surface area contributed by atoms with Crippen LogP contribution in [0.15, 0.2) is 0 Å². The van der Waals surface area contributed by atoms with Crippen LogP contribution in [0, 0.1) is 20.2 Å². The Bertz CT molecular complexity index is 381. The SMILES string of the molecule is Nc1nc([N+](=O)[O-])n(N)c1[N+](=O)[O-]. The molecule has 0 atom stereocenters. The molecule has 0 saturated heterocycles. The monoisotopic (exact) mass is 188 g/mol. The Balaban J connectivity index is 3.39. The van der Waals surface area contributed by atoms with Crippen LogP contribution < -0.4 is 11.6 Å². The van der Waals surface area contributed by atoms with Gasteiger partial charge < -0.3 is 26.0 Å². The zero-order valence-electron chi connectivity index (χ0n) is 6.08. The molecule has 0 aliphatic rings. The standard InChI is InChI=1S/C3H4N6O4/c4-1-2(8(10)11)7(5)3(6-1)9(12)13/h4-5H2. The maximum Gasteiger partial charge on any atom is 0.492 e. The topological polar surface area (TPSA) is 156 Å². The third-order valence-corrected chi connectivity index (χ3v) is 1.23. The van der Waals surface area contributed by atoms with E-state index < -0.39 is 27.4 Å². The quantitative estimate of drug-likeness (QED) is 0.342. The Kier molecular flexibility index (Phi) is 1.73. The maximum atomic E-state index is 10.2. The molecule has 0 radical (unpaired) electrons. The predicted octanol–water partition coefficient (Wildman–Crippen LogP) is -1.00. The fourth-order valence-electron chi connectivity index (χ4n) is 0.740. The molecule has 0 bridgehead atoms. The lowest BCUT2D eigenvalue weighted by Crippen LogP contribution is -2.14. The Morgan fingerprint density at radius 2 is 1.85 bits per heavy atom. The van der Waals surface area contributed by atoms with Crippen molar-refractivity contribution in [1.29, 1.82) is 0 Å². The summed E-state index contributed by atoms with van der Waals surface area (Å²) in [6.45, 7) is 0. The number of hydrogen-bond acceptors (Lipinski definition) is 7. The highest BCUT2D eigenvalue weighted by Crippen LogP contribution is 2.23. The first-order chi connectivity index (χ1) is 5.95. The van der Waals surface area contributed by atoms with Gasteiger partial charge in [-0.05, 0) is 14.8 Å². The summed E-state index contributed by atoms with van der Waals surface area (Å²) in [6.07, 6.45) is 0. The van der Waals surface area contributed by atoms with Crippen molar-refractivity contribution in [2.75, 3.05) is 11.6 Å². The molecule has 0 amide bonds. The van der Waals surface area contributed by atoms with Crippen molar-refractivity contribution in [3.05, 3.63) is 20.2 Å². The minimum absolute atomic E-state index is 0.218. The van der Waals surface area contributed by atoms with Crippen molar-refractivity contribution in [3.63, 3.8) is 0 Å². The third kappa shape index (κ3) is 1.19. The maximum absolute atomic E-state index is 10.2. The fraction of sp³-hybridized carbons (Fsp3) is 0. The van der Waals surface area contributed by atoms with E-state index in [-0.39, 0.29) is 4.68 Å². The van der Waals surface area contributed by atoms with E-state index in [1.54, 1.807) is 0 Å². The molecule has 1 aromatic rings. The van der Waals surface area contributed by atoms with Crippen LogP contribution in [0.25, 0.3) is 0 Å². The molecule has 13 heavy (non-hydrogen) atoms. The minimum atomic E-state index is -0.969. The smallest absolute Gasteiger partial charge is 0.389 e. The number of anilines is 1. The molecule has 10 heteroatoms. The zero-order chi connectivity index (χ0) is 10.2. The first kappa shape index (κ1) is 8.70. The van der Waals surface area contributed by atoms with E-state index in [1.807, 2.05) is 0 Å². The van der Waals surface area contributed by atoms with Crippen LogP contribution in [0.1, 0.15) is 0 Å². The molecule has 0 aromatic carbocycles. The van der Waals surface area contributed by atoms with Gasteiger partial charge in [-0.2, -0.15) is 0 Å². The van der Waals surface area contributed by atoms with Gasteiger partial charge in [-0.3, -0.25) is 5.84 Å². The van der Waals surface area contributed by atoms with Gasteiger partial charge in [0, 0.05) is 0 Å². The fourth-order valence-corrected chi connectivity index (χ4v) is 0.740. The van der Waals surface area contributed by atoms with Gasteiger partial charge in [0.1, 0.15) is 0 Å². The molecule has 0 spiro atoms. The van der Waals surface area contributed by atoms with Gasteiger partial charge in [0.05, 0.1) is 0 Å². The van der Waals surface area contributed by atoms with E-state index in [4.69, 9.17) is 11.6 Å². The highest BCUT2D eigenvalue weighted by Gasteiger charge is 2.30. The molecule has 1 aromatic heterocycles. The van der Waals surface area contributed by atoms with Crippen LogP contribution >= 0.6 is 0 Å². The number of nitrogens with zero attached hydrogens (tertiary/aromatic N) is 4. The molecule has 0 aliphatic heterocycles. The molecule has 70 valence electrons. The van der Waals surface area contributed by atoms with Crippen molar-refractivity contribution >= 4 is 17.6 Å². The van der Waals surface area contributed by atoms with Crippen molar-refractivity contribution in [3.8, 4) is 0 Å². The predicted molar refractivity (Wildman–Crippen MR) is 40.1 cm³/mol. The number of nitrogen functional groups attached to an aromatic ring is 2. The Morgan fingerprint density at radius 1 is 1.31 bits per heavy atom. The second-order valence-corrected chi connectivity index (χ2v) is 2.00. The van der Waals surface area contributed by atoms with E-state index in [2.05, 4.69) is 4.98 Å². The first-order valence-corrected chi connectivity index (χ1v) is 2.87. The average molecular weight is 188 g/mol. The number of rotatable bonds is 2. The summed E-state index contributed by atoms with van der Waals surface area (Å²) >= 11 is 0. The Labute approximate surface area is 70.0 Å². The average Bonchev–Trinajstić information content (AvgIpc) is 2.26. The van der Waals surface area contributed by atoms with Crippen LogP contribution in [0.3, 0.4) is 0 Å². The first-order valence-electron chi connectivity index (χ1n) is 2.87. The molecule has 10 nitrogen and oxygen atoms in total. The minimum Gasteiger partial charge on any atom is -0.389 e. The number of aromatic nitrogens is 2. The van der Waals surface area contributed by atoms with E-state index >= 15 is 0 Å². The van der Waals surface area contributed by atoms with Gasteiger partial charge in [0.2, 0.25) is 0 Å². The number of nitrogens with two attached hydrogens (primary N) is 2. The molecule has 1 heterocycles. The van der Waals surface area contributed by atoms with Crippen molar-refractivity contribution < 1.29 is 9.85 Å². The lowest BCUT2D eigenvalue weighted by Gasteiger charge is -1.93. The lowest BCUT2D eigenvalue weighted by atomic mass is 10.7. The molecular formula is C3H4N6O4. The summed E-state index contributed by atoms with van der Waals surface area (Å²) in [7, 11) is 0. The van der Waals surface area contributed by atoms with E-state index in [0.717, 1.165) is 0 Å².